The highest BCUT2D eigenvalue weighted by Gasteiger charge is 2.36. The first kappa shape index (κ1) is 12.5. The van der Waals surface area contributed by atoms with E-state index in [9.17, 15) is 18.3 Å². The quantitative estimate of drug-likeness (QED) is 0.775. The Kier molecular flexibility index (Phi) is 3.24. The Labute approximate surface area is 104 Å². The lowest BCUT2D eigenvalue weighted by Gasteiger charge is -2.23. The van der Waals surface area contributed by atoms with Crippen molar-refractivity contribution in [3.63, 3.8) is 0 Å². The third-order valence-corrected chi connectivity index (χ3v) is 6.13. The van der Waals surface area contributed by atoms with E-state index >= 15 is 0 Å². The van der Waals surface area contributed by atoms with E-state index in [4.69, 9.17) is 0 Å². The summed E-state index contributed by atoms with van der Waals surface area (Å²) < 4.78 is 25.6. The number of hydrogen-bond acceptors (Lipinski definition) is 5. The van der Waals surface area contributed by atoms with Gasteiger partial charge in [-0.3, -0.25) is 0 Å². The molecular weight excluding hydrogens is 262 g/mol. The maximum Gasteiger partial charge on any atom is 0.253 e. The van der Waals surface area contributed by atoms with Crippen LogP contribution in [0.5, 0.6) is 0 Å². The third kappa shape index (κ3) is 2.22. The van der Waals surface area contributed by atoms with Crippen LogP contribution in [0.15, 0.2) is 16.3 Å². The predicted octanol–water partition coefficient (Wildman–Crippen LogP) is -0.0405. The van der Waals surface area contributed by atoms with Crippen LogP contribution in [0.4, 0.5) is 0 Å². The zero-order chi connectivity index (χ0) is 12.6. The van der Waals surface area contributed by atoms with Gasteiger partial charge in [0.05, 0.1) is 12.0 Å². The summed E-state index contributed by atoms with van der Waals surface area (Å²) in [5.74, 6) is -1.32. The molecule has 0 aliphatic carbocycles. The lowest BCUT2D eigenvalue weighted by molar-refractivity contribution is -0.309. The van der Waals surface area contributed by atoms with Crippen molar-refractivity contribution in [2.75, 3.05) is 6.54 Å². The van der Waals surface area contributed by atoms with E-state index in [1.54, 1.807) is 6.07 Å². The molecule has 94 valence electrons. The van der Waals surface area contributed by atoms with Gasteiger partial charge in [-0.15, -0.1) is 11.3 Å². The second-order valence-corrected chi connectivity index (χ2v) is 7.36. The van der Waals surface area contributed by atoms with Gasteiger partial charge in [-0.2, -0.15) is 4.31 Å². The van der Waals surface area contributed by atoms with Crippen LogP contribution in [0.2, 0.25) is 0 Å². The van der Waals surface area contributed by atoms with Crippen molar-refractivity contribution >= 4 is 27.3 Å². The number of aliphatic carboxylic acids is 1. The van der Waals surface area contributed by atoms with Gasteiger partial charge in [-0.25, -0.2) is 8.42 Å². The number of carboxylic acid groups (broad SMARTS) is 1. The van der Waals surface area contributed by atoms with Crippen LogP contribution in [0.3, 0.4) is 0 Å². The number of nitrogens with zero attached hydrogens (tertiary/aromatic N) is 1. The molecule has 17 heavy (non-hydrogen) atoms. The van der Waals surface area contributed by atoms with E-state index in [1.807, 2.05) is 6.92 Å². The molecule has 1 saturated heterocycles. The first-order chi connectivity index (χ1) is 7.93. The molecule has 0 N–H and O–H groups in total. The average Bonchev–Trinajstić information content (AvgIpc) is 2.84. The van der Waals surface area contributed by atoms with Crippen molar-refractivity contribution < 1.29 is 18.3 Å². The zero-order valence-corrected chi connectivity index (χ0v) is 10.9. The number of carbonyl (C=O) groups is 1. The lowest BCUT2D eigenvalue weighted by Crippen LogP contribution is -2.46. The van der Waals surface area contributed by atoms with Crippen molar-refractivity contribution in [1.29, 1.82) is 0 Å². The number of thiophene rings is 1. The van der Waals surface area contributed by atoms with Gasteiger partial charge in [-0.1, -0.05) is 0 Å². The number of hydrogen-bond donors (Lipinski definition) is 0. The van der Waals surface area contributed by atoms with Crippen LogP contribution in [-0.2, 0) is 14.8 Å². The number of carbonyl (C=O) groups excluding carboxylic acids is 1. The smallest absolute Gasteiger partial charge is 0.253 e. The number of rotatable bonds is 3. The molecule has 0 aromatic carbocycles. The summed E-state index contributed by atoms with van der Waals surface area (Å²) in [5.41, 5.74) is 0. The van der Waals surface area contributed by atoms with Crippen LogP contribution < -0.4 is 5.11 Å². The summed E-state index contributed by atoms with van der Waals surface area (Å²) in [5, 5.41) is 10.9. The van der Waals surface area contributed by atoms with E-state index in [0.29, 0.717) is 12.8 Å². The fourth-order valence-corrected chi connectivity index (χ4v) is 4.99. The number of carboxylic acids is 1. The van der Waals surface area contributed by atoms with Crippen molar-refractivity contribution in [2.45, 2.75) is 30.0 Å². The minimum absolute atomic E-state index is 0.197. The molecule has 5 nitrogen and oxygen atoms in total. The third-order valence-electron chi connectivity index (χ3n) is 2.75. The molecule has 2 heterocycles. The predicted molar refractivity (Wildman–Crippen MR) is 61.0 cm³/mol. The SMILES string of the molecule is Cc1ccc(S(=O)(=O)N2CCC[C@H]2C(=O)[O-])s1. The first-order valence-corrected chi connectivity index (χ1v) is 7.48. The highest BCUT2D eigenvalue weighted by atomic mass is 32.2. The van der Waals surface area contributed by atoms with Gasteiger partial charge in [0.1, 0.15) is 4.21 Å². The summed E-state index contributed by atoms with van der Waals surface area (Å²) in [6, 6.07) is 2.20. The van der Waals surface area contributed by atoms with Gasteiger partial charge >= 0.3 is 0 Å². The van der Waals surface area contributed by atoms with Gasteiger partial charge in [0.25, 0.3) is 10.0 Å². The first-order valence-electron chi connectivity index (χ1n) is 5.22. The molecule has 1 aromatic heterocycles. The Hall–Kier alpha value is -0.920. The van der Waals surface area contributed by atoms with Crippen LogP contribution in [0.1, 0.15) is 17.7 Å². The molecule has 0 bridgehead atoms. The second kappa shape index (κ2) is 4.40. The van der Waals surface area contributed by atoms with Gasteiger partial charge < -0.3 is 9.90 Å². The van der Waals surface area contributed by atoms with E-state index in [2.05, 4.69) is 0 Å². The molecule has 0 unspecified atom stereocenters. The fraction of sp³-hybridized carbons (Fsp3) is 0.500. The molecule has 1 aromatic rings. The average molecular weight is 274 g/mol. The van der Waals surface area contributed by atoms with Gasteiger partial charge in [0.15, 0.2) is 0 Å². The Morgan fingerprint density at radius 2 is 2.24 bits per heavy atom. The monoisotopic (exact) mass is 274 g/mol. The molecule has 0 amide bonds. The minimum Gasteiger partial charge on any atom is -0.548 e. The molecule has 2 rings (SSSR count). The minimum atomic E-state index is -3.68. The summed E-state index contributed by atoms with van der Waals surface area (Å²) in [6.07, 6.45) is 0.883. The van der Waals surface area contributed by atoms with Crippen LogP contribution in [0, 0.1) is 6.92 Å². The Bertz CT molecular complexity index is 534. The maximum absolute atomic E-state index is 12.2. The van der Waals surface area contributed by atoms with E-state index in [1.165, 1.54) is 6.07 Å². The van der Waals surface area contributed by atoms with Crippen LogP contribution in [0.25, 0.3) is 0 Å². The molecule has 1 aliphatic rings. The molecule has 1 atom stereocenters. The largest absolute Gasteiger partial charge is 0.548 e. The zero-order valence-electron chi connectivity index (χ0n) is 9.25. The lowest BCUT2D eigenvalue weighted by atomic mass is 10.2. The van der Waals surface area contributed by atoms with Gasteiger partial charge in [-0.05, 0) is 31.9 Å². The molecule has 1 aliphatic heterocycles. The summed E-state index contributed by atoms with van der Waals surface area (Å²) in [4.78, 5) is 11.8. The van der Waals surface area contributed by atoms with Crippen molar-refractivity contribution in [2.24, 2.45) is 0 Å². The molecule has 1 fully saturated rings. The summed E-state index contributed by atoms with van der Waals surface area (Å²) in [6.45, 7) is 2.06. The van der Waals surface area contributed by atoms with Gasteiger partial charge in [0, 0.05) is 11.4 Å². The molecule has 0 radical (unpaired) electrons. The standard InChI is InChI=1S/C10H13NO4S2/c1-7-4-5-9(16-7)17(14,15)11-6-2-3-8(11)10(12)13/h4-5,8H,2-3,6H2,1H3,(H,12,13)/p-1/t8-/m0/s1. The summed E-state index contributed by atoms with van der Waals surface area (Å²) >= 11 is 1.15. The number of sulfonamides is 1. The highest BCUT2D eigenvalue weighted by Crippen LogP contribution is 2.29. The molecular formula is C10H12NO4S2-. The van der Waals surface area contributed by atoms with E-state index in [-0.39, 0.29) is 10.8 Å². The van der Waals surface area contributed by atoms with Crippen molar-refractivity contribution in [1.82, 2.24) is 4.31 Å². The fourth-order valence-electron chi connectivity index (χ4n) is 1.93. The topological polar surface area (TPSA) is 77.5 Å². The van der Waals surface area contributed by atoms with Crippen molar-refractivity contribution in [3.8, 4) is 0 Å². The van der Waals surface area contributed by atoms with Crippen molar-refractivity contribution in [3.05, 3.63) is 17.0 Å². The normalized spacial score (nSPS) is 21.8. The molecule has 7 heteroatoms. The van der Waals surface area contributed by atoms with Gasteiger partial charge in [0.2, 0.25) is 0 Å². The summed E-state index contributed by atoms with van der Waals surface area (Å²) in [7, 11) is -3.68. The molecule has 0 saturated carbocycles. The van der Waals surface area contributed by atoms with Crippen LogP contribution >= 0.6 is 11.3 Å². The second-order valence-electron chi connectivity index (χ2n) is 3.96. The number of aryl methyl sites for hydroxylation is 1. The van der Waals surface area contributed by atoms with E-state index in [0.717, 1.165) is 20.5 Å². The Morgan fingerprint density at radius 3 is 2.76 bits per heavy atom. The highest BCUT2D eigenvalue weighted by molar-refractivity contribution is 7.91. The molecule has 0 spiro atoms. The van der Waals surface area contributed by atoms with Crippen LogP contribution in [-0.4, -0.2) is 31.3 Å². The Balaban J connectivity index is 2.36. The Morgan fingerprint density at radius 1 is 1.53 bits per heavy atom. The van der Waals surface area contributed by atoms with E-state index < -0.39 is 22.0 Å². The maximum atomic E-state index is 12.2.